The maximum Gasteiger partial charge on any atom is 0.255 e. The smallest absolute Gasteiger partial charge is 0.255 e. The van der Waals surface area contributed by atoms with Crippen molar-refractivity contribution in [1.82, 2.24) is 4.90 Å². The fourth-order valence-corrected chi connectivity index (χ4v) is 1.17. The quantitative estimate of drug-likeness (QED) is 0.774. The van der Waals surface area contributed by atoms with Crippen LogP contribution < -0.4 is 0 Å². The fraction of sp³-hybridized carbons (Fsp3) is 0.300. The van der Waals surface area contributed by atoms with E-state index in [9.17, 15) is 13.6 Å². The minimum atomic E-state index is -2.61. The number of phenols is 2. The third-order valence-corrected chi connectivity index (χ3v) is 1.98. The first-order valence-corrected chi connectivity index (χ1v) is 4.47. The molecule has 1 rings (SSSR count). The number of benzene rings is 1. The van der Waals surface area contributed by atoms with Crippen molar-refractivity contribution in [2.45, 2.75) is 6.43 Å². The first-order chi connectivity index (χ1) is 7.41. The van der Waals surface area contributed by atoms with E-state index in [0.717, 1.165) is 17.0 Å². The van der Waals surface area contributed by atoms with Gasteiger partial charge in [0.1, 0.15) is 0 Å². The third-order valence-electron chi connectivity index (χ3n) is 1.98. The lowest BCUT2D eigenvalue weighted by Crippen LogP contribution is -2.31. The van der Waals surface area contributed by atoms with Gasteiger partial charge in [-0.3, -0.25) is 4.79 Å². The van der Waals surface area contributed by atoms with Gasteiger partial charge in [-0.2, -0.15) is 0 Å². The lowest BCUT2D eigenvalue weighted by atomic mass is 10.2. The summed E-state index contributed by atoms with van der Waals surface area (Å²) in [5.74, 6) is -1.47. The number of aromatic hydroxyl groups is 2. The molecule has 0 radical (unpaired) electrons. The van der Waals surface area contributed by atoms with Crippen LogP contribution in [0.5, 0.6) is 11.5 Å². The molecule has 0 spiro atoms. The average molecular weight is 231 g/mol. The molecule has 88 valence electrons. The summed E-state index contributed by atoms with van der Waals surface area (Å²) >= 11 is 0. The Kier molecular flexibility index (Phi) is 3.65. The summed E-state index contributed by atoms with van der Waals surface area (Å²) in [6, 6.07) is 3.40. The van der Waals surface area contributed by atoms with Crippen LogP contribution in [0.25, 0.3) is 0 Å². The number of halogens is 2. The van der Waals surface area contributed by atoms with Crippen LogP contribution in [0.2, 0.25) is 0 Å². The van der Waals surface area contributed by atoms with Crippen molar-refractivity contribution in [3.8, 4) is 11.5 Å². The molecule has 0 saturated carbocycles. The fourth-order valence-electron chi connectivity index (χ4n) is 1.17. The van der Waals surface area contributed by atoms with Gasteiger partial charge in [0.25, 0.3) is 12.3 Å². The Balaban J connectivity index is 2.84. The number of amides is 1. The highest BCUT2D eigenvalue weighted by molar-refractivity contribution is 5.94. The van der Waals surface area contributed by atoms with Crippen LogP contribution in [0.1, 0.15) is 10.4 Å². The molecule has 0 aromatic heterocycles. The molecule has 1 aromatic rings. The van der Waals surface area contributed by atoms with Gasteiger partial charge >= 0.3 is 0 Å². The lowest BCUT2D eigenvalue weighted by Gasteiger charge is -2.16. The molecule has 0 atom stereocenters. The van der Waals surface area contributed by atoms with Crippen molar-refractivity contribution in [3.05, 3.63) is 23.8 Å². The van der Waals surface area contributed by atoms with E-state index in [4.69, 9.17) is 10.2 Å². The van der Waals surface area contributed by atoms with Crippen LogP contribution in [0, 0.1) is 0 Å². The SMILES string of the molecule is CN(CC(F)F)C(=O)c1ccc(O)c(O)c1. The second-order valence-electron chi connectivity index (χ2n) is 3.28. The average Bonchev–Trinajstić information content (AvgIpc) is 2.20. The number of alkyl halides is 2. The Labute approximate surface area is 90.7 Å². The number of hydrogen-bond acceptors (Lipinski definition) is 3. The van der Waals surface area contributed by atoms with E-state index in [2.05, 4.69) is 0 Å². The molecule has 6 heteroatoms. The second-order valence-corrected chi connectivity index (χ2v) is 3.28. The van der Waals surface area contributed by atoms with Gasteiger partial charge in [0.05, 0.1) is 6.54 Å². The highest BCUT2D eigenvalue weighted by Crippen LogP contribution is 2.25. The second kappa shape index (κ2) is 4.78. The lowest BCUT2D eigenvalue weighted by molar-refractivity contribution is 0.0620. The summed E-state index contributed by atoms with van der Waals surface area (Å²) in [5, 5.41) is 18.2. The predicted molar refractivity (Wildman–Crippen MR) is 52.7 cm³/mol. The Morgan fingerprint density at radius 2 is 2.00 bits per heavy atom. The molecule has 4 nitrogen and oxygen atoms in total. The predicted octanol–water partition coefficient (Wildman–Crippen LogP) is 1.43. The van der Waals surface area contributed by atoms with Crippen LogP contribution in [-0.2, 0) is 0 Å². The van der Waals surface area contributed by atoms with Gasteiger partial charge in [-0.05, 0) is 18.2 Å². The van der Waals surface area contributed by atoms with Gasteiger partial charge in [-0.1, -0.05) is 0 Å². The maximum atomic E-state index is 12.0. The number of rotatable bonds is 3. The van der Waals surface area contributed by atoms with E-state index >= 15 is 0 Å². The molecule has 16 heavy (non-hydrogen) atoms. The topological polar surface area (TPSA) is 60.8 Å². The minimum Gasteiger partial charge on any atom is -0.504 e. The molecule has 0 aliphatic rings. The van der Waals surface area contributed by atoms with Crippen LogP contribution in [-0.4, -0.2) is 41.0 Å². The number of hydrogen-bond donors (Lipinski definition) is 2. The summed E-state index contributed by atoms with van der Waals surface area (Å²) in [4.78, 5) is 12.4. The van der Waals surface area contributed by atoms with Crippen molar-refractivity contribution >= 4 is 5.91 Å². The Hall–Kier alpha value is -1.85. The van der Waals surface area contributed by atoms with E-state index in [1.54, 1.807) is 0 Å². The first-order valence-electron chi connectivity index (χ1n) is 4.47. The molecule has 0 unspecified atom stereocenters. The molecule has 2 N–H and O–H groups in total. The van der Waals surface area contributed by atoms with E-state index in [-0.39, 0.29) is 11.3 Å². The van der Waals surface area contributed by atoms with Crippen molar-refractivity contribution in [2.24, 2.45) is 0 Å². The Morgan fingerprint density at radius 1 is 1.38 bits per heavy atom. The standard InChI is InChI=1S/C10H11F2NO3/c1-13(5-9(11)12)10(16)6-2-3-7(14)8(15)4-6/h2-4,9,14-15H,5H2,1H3. The largest absolute Gasteiger partial charge is 0.504 e. The molecule has 0 fully saturated rings. The van der Waals surface area contributed by atoms with Crippen LogP contribution in [0.3, 0.4) is 0 Å². The van der Waals surface area contributed by atoms with Gasteiger partial charge < -0.3 is 15.1 Å². The zero-order chi connectivity index (χ0) is 12.3. The van der Waals surface area contributed by atoms with Gasteiger partial charge in [-0.25, -0.2) is 8.78 Å². The molecular weight excluding hydrogens is 220 g/mol. The molecule has 0 saturated heterocycles. The Morgan fingerprint density at radius 3 is 2.50 bits per heavy atom. The Bertz CT molecular complexity index is 396. The summed E-state index contributed by atoms with van der Waals surface area (Å²) in [6.07, 6.45) is -2.61. The molecule has 0 aliphatic carbocycles. The number of phenolic OH excluding ortho intramolecular Hbond substituents is 2. The summed E-state index contributed by atoms with van der Waals surface area (Å²) in [7, 11) is 1.23. The van der Waals surface area contributed by atoms with E-state index in [1.807, 2.05) is 0 Å². The number of carbonyl (C=O) groups excluding carboxylic acids is 1. The van der Waals surface area contributed by atoms with Gasteiger partial charge in [-0.15, -0.1) is 0 Å². The molecule has 1 aromatic carbocycles. The molecule has 0 heterocycles. The van der Waals surface area contributed by atoms with E-state index < -0.39 is 24.6 Å². The minimum absolute atomic E-state index is 0.0402. The van der Waals surface area contributed by atoms with Crippen molar-refractivity contribution in [2.75, 3.05) is 13.6 Å². The van der Waals surface area contributed by atoms with Crippen LogP contribution >= 0.6 is 0 Å². The number of carbonyl (C=O) groups is 1. The molecule has 0 aliphatic heterocycles. The zero-order valence-corrected chi connectivity index (χ0v) is 8.52. The number of nitrogens with zero attached hydrogens (tertiary/aromatic N) is 1. The van der Waals surface area contributed by atoms with Crippen molar-refractivity contribution in [3.63, 3.8) is 0 Å². The zero-order valence-electron chi connectivity index (χ0n) is 8.52. The van der Waals surface area contributed by atoms with E-state index in [0.29, 0.717) is 0 Å². The van der Waals surface area contributed by atoms with Gasteiger partial charge in [0, 0.05) is 12.6 Å². The summed E-state index contributed by atoms with van der Waals surface area (Å²) < 4.78 is 24.0. The maximum absolute atomic E-state index is 12.0. The van der Waals surface area contributed by atoms with Crippen molar-refractivity contribution < 1.29 is 23.8 Å². The molecular formula is C10H11F2NO3. The normalized spacial score (nSPS) is 10.5. The summed E-state index contributed by atoms with van der Waals surface area (Å²) in [6.45, 7) is -0.680. The third kappa shape index (κ3) is 2.82. The van der Waals surface area contributed by atoms with Crippen LogP contribution in [0.4, 0.5) is 8.78 Å². The van der Waals surface area contributed by atoms with Crippen molar-refractivity contribution in [1.29, 1.82) is 0 Å². The highest BCUT2D eigenvalue weighted by atomic mass is 19.3. The summed E-state index contributed by atoms with van der Waals surface area (Å²) in [5.41, 5.74) is 0.0402. The van der Waals surface area contributed by atoms with Crippen LogP contribution in [0.15, 0.2) is 18.2 Å². The van der Waals surface area contributed by atoms with Gasteiger partial charge in [0.15, 0.2) is 11.5 Å². The van der Waals surface area contributed by atoms with Gasteiger partial charge in [0.2, 0.25) is 0 Å². The first kappa shape index (κ1) is 12.2. The highest BCUT2D eigenvalue weighted by Gasteiger charge is 2.16. The monoisotopic (exact) mass is 231 g/mol. The molecule has 0 bridgehead atoms. The molecule has 1 amide bonds. The van der Waals surface area contributed by atoms with E-state index in [1.165, 1.54) is 13.1 Å².